The van der Waals surface area contributed by atoms with Gasteiger partial charge in [0.25, 0.3) is 0 Å². The van der Waals surface area contributed by atoms with E-state index in [9.17, 15) is 9.59 Å². The summed E-state index contributed by atoms with van der Waals surface area (Å²) < 4.78 is 0.844. The van der Waals surface area contributed by atoms with Gasteiger partial charge in [0, 0.05) is 28.3 Å². The van der Waals surface area contributed by atoms with Crippen molar-refractivity contribution >= 4 is 49.2 Å². The summed E-state index contributed by atoms with van der Waals surface area (Å²) in [5, 5.41) is 0.819. The summed E-state index contributed by atoms with van der Waals surface area (Å²) in [4.78, 5) is 25.1. The molecule has 0 spiro atoms. The molecular formula is C13H13Br2NO2. The van der Waals surface area contributed by atoms with E-state index in [4.69, 9.17) is 0 Å². The minimum atomic E-state index is 0.00689. The van der Waals surface area contributed by atoms with Crippen LogP contribution >= 0.6 is 31.9 Å². The first-order chi connectivity index (χ1) is 8.52. The second-order valence-corrected chi connectivity index (χ2v) is 5.95. The first kappa shape index (κ1) is 13.7. The third-order valence-corrected chi connectivity index (χ3v) is 4.65. The highest BCUT2D eigenvalue weighted by atomic mass is 79.9. The average molecular weight is 375 g/mol. The lowest BCUT2D eigenvalue weighted by Crippen LogP contribution is -2.25. The molecule has 1 aliphatic heterocycles. The maximum absolute atomic E-state index is 12.0. The van der Waals surface area contributed by atoms with Crippen LogP contribution in [0.2, 0.25) is 0 Å². The number of carbonyl (C=O) groups excluding carboxylic acids is 2. The van der Waals surface area contributed by atoms with E-state index in [1.165, 1.54) is 6.92 Å². The van der Waals surface area contributed by atoms with Crippen molar-refractivity contribution in [1.82, 2.24) is 0 Å². The number of Topliss-reactive ketones (excluding diaryl/α,β-unsaturated/α-hetero) is 1. The molecule has 1 amide bonds. The van der Waals surface area contributed by atoms with Gasteiger partial charge in [0.2, 0.25) is 5.91 Å². The van der Waals surface area contributed by atoms with Gasteiger partial charge in [0.15, 0.2) is 5.78 Å². The molecule has 0 aromatic heterocycles. The maximum atomic E-state index is 12.0. The molecule has 18 heavy (non-hydrogen) atoms. The van der Waals surface area contributed by atoms with Gasteiger partial charge in [-0.3, -0.25) is 9.59 Å². The Hall–Kier alpha value is -0.680. The van der Waals surface area contributed by atoms with Crippen LogP contribution in [-0.4, -0.2) is 23.6 Å². The lowest BCUT2D eigenvalue weighted by molar-refractivity contribution is -0.117. The number of hydrogen-bond acceptors (Lipinski definition) is 2. The van der Waals surface area contributed by atoms with Gasteiger partial charge in [-0.15, -0.1) is 0 Å². The lowest BCUT2D eigenvalue weighted by atomic mass is 10.1. The summed E-state index contributed by atoms with van der Waals surface area (Å²) in [6.45, 7) is 2.23. The standard InChI is InChI=1S/C13H13Br2NO2/c1-8(17)10-2-3-11(15)12(5-10)16-7-9(6-14)4-13(16)18/h2-3,5,9H,4,6-7H2,1H3. The lowest BCUT2D eigenvalue weighted by Gasteiger charge is -2.18. The van der Waals surface area contributed by atoms with Crippen LogP contribution in [-0.2, 0) is 4.79 Å². The summed E-state index contributed by atoms with van der Waals surface area (Å²) >= 11 is 6.86. The van der Waals surface area contributed by atoms with Crippen molar-refractivity contribution in [3.05, 3.63) is 28.2 Å². The van der Waals surface area contributed by atoms with Gasteiger partial charge in [-0.05, 0) is 40.9 Å². The van der Waals surface area contributed by atoms with Gasteiger partial charge in [0.1, 0.15) is 0 Å². The number of nitrogens with zero attached hydrogens (tertiary/aromatic N) is 1. The Morgan fingerprint density at radius 1 is 1.50 bits per heavy atom. The molecule has 0 bridgehead atoms. The second-order valence-electron chi connectivity index (χ2n) is 4.45. The maximum Gasteiger partial charge on any atom is 0.227 e. The normalized spacial score (nSPS) is 19.4. The van der Waals surface area contributed by atoms with E-state index in [1.807, 2.05) is 6.07 Å². The minimum absolute atomic E-state index is 0.00689. The van der Waals surface area contributed by atoms with E-state index < -0.39 is 0 Å². The molecule has 0 aliphatic carbocycles. The summed E-state index contributed by atoms with van der Waals surface area (Å²) in [5.41, 5.74) is 1.42. The summed E-state index contributed by atoms with van der Waals surface area (Å²) in [6, 6.07) is 5.36. The number of hydrogen-bond donors (Lipinski definition) is 0. The van der Waals surface area contributed by atoms with Crippen molar-refractivity contribution in [2.45, 2.75) is 13.3 Å². The third-order valence-electron chi connectivity index (χ3n) is 3.07. The molecule has 0 saturated carbocycles. The summed E-state index contributed by atoms with van der Waals surface area (Å²) in [5.74, 6) is 0.457. The molecule has 96 valence electrons. The van der Waals surface area contributed by atoms with E-state index in [0.29, 0.717) is 24.4 Å². The Bertz CT molecular complexity index is 502. The predicted molar refractivity (Wildman–Crippen MR) is 78.4 cm³/mol. The van der Waals surface area contributed by atoms with Crippen molar-refractivity contribution in [2.24, 2.45) is 5.92 Å². The molecule has 1 atom stereocenters. The van der Waals surface area contributed by atoms with Crippen molar-refractivity contribution in [2.75, 3.05) is 16.8 Å². The van der Waals surface area contributed by atoms with E-state index >= 15 is 0 Å². The number of carbonyl (C=O) groups is 2. The summed E-state index contributed by atoms with van der Waals surface area (Å²) in [6.07, 6.45) is 0.558. The molecule has 1 unspecified atom stereocenters. The second kappa shape index (κ2) is 5.53. The zero-order valence-electron chi connectivity index (χ0n) is 9.95. The zero-order valence-corrected chi connectivity index (χ0v) is 13.1. The van der Waals surface area contributed by atoms with Crippen LogP contribution in [0.25, 0.3) is 0 Å². The molecule has 5 heteroatoms. The fourth-order valence-electron chi connectivity index (χ4n) is 2.06. The SMILES string of the molecule is CC(=O)c1ccc(Br)c(N2CC(CBr)CC2=O)c1. The highest BCUT2D eigenvalue weighted by molar-refractivity contribution is 9.10. The van der Waals surface area contributed by atoms with Gasteiger partial charge in [0.05, 0.1) is 5.69 Å². The van der Waals surface area contributed by atoms with Gasteiger partial charge in [-0.1, -0.05) is 22.0 Å². The fraction of sp³-hybridized carbons (Fsp3) is 0.385. The van der Waals surface area contributed by atoms with Gasteiger partial charge in [-0.25, -0.2) is 0 Å². The zero-order chi connectivity index (χ0) is 13.3. The number of amides is 1. The van der Waals surface area contributed by atoms with Crippen LogP contribution in [0, 0.1) is 5.92 Å². The van der Waals surface area contributed by atoms with Crippen LogP contribution in [0.3, 0.4) is 0 Å². The van der Waals surface area contributed by atoms with Gasteiger partial charge in [-0.2, -0.15) is 0 Å². The van der Waals surface area contributed by atoms with Crippen LogP contribution < -0.4 is 4.90 Å². The number of alkyl halides is 1. The number of anilines is 1. The van der Waals surface area contributed by atoms with Crippen LogP contribution in [0.15, 0.2) is 22.7 Å². The molecule has 1 heterocycles. The minimum Gasteiger partial charge on any atom is -0.311 e. The monoisotopic (exact) mass is 373 g/mol. The van der Waals surface area contributed by atoms with Crippen molar-refractivity contribution in [3.8, 4) is 0 Å². The van der Waals surface area contributed by atoms with Crippen LogP contribution in [0.5, 0.6) is 0 Å². The third kappa shape index (κ3) is 2.67. The van der Waals surface area contributed by atoms with Crippen molar-refractivity contribution in [3.63, 3.8) is 0 Å². The van der Waals surface area contributed by atoms with Crippen molar-refractivity contribution < 1.29 is 9.59 Å². The van der Waals surface area contributed by atoms with Crippen molar-refractivity contribution in [1.29, 1.82) is 0 Å². The molecule has 1 aliphatic rings. The topological polar surface area (TPSA) is 37.4 Å². The molecule has 1 aromatic carbocycles. The summed E-state index contributed by atoms with van der Waals surface area (Å²) in [7, 11) is 0. The van der Waals surface area contributed by atoms with E-state index in [2.05, 4.69) is 31.9 Å². The Balaban J connectivity index is 2.35. The van der Waals surface area contributed by atoms with E-state index in [1.54, 1.807) is 17.0 Å². The molecule has 1 saturated heterocycles. The quantitative estimate of drug-likeness (QED) is 0.600. The number of rotatable bonds is 3. The fourth-order valence-corrected chi connectivity index (χ4v) is 2.95. The van der Waals surface area contributed by atoms with E-state index in [-0.39, 0.29) is 11.7 Å². The molecule has 1 fully saturated rings. The Kier molecular flexibility index (Phi) is 4.22. The smallest absolute Gasteiger partial charge is 0.227 e. The Morgan fingerprint density at radius 2 is 2.22 bits per heavy atom. The molecule has 2 rings (SSSR count). The first-order valence-electron chi connectivity index (χ1n) is 5.69. The van der Waals surface area contributed by atoms with E-state index in [0.717, 1.165) is 15.5 Å². The molecule has 1 aromatic rings. The van der Waals surface area contributed by atoms with Gasteiger partial charge < -0.3 is 4.90 Å². The number of ketones is 1. The van der Waals surface area contributed by atoms with Crippen LogP contribution in [0.4, 0.5) is 5.69 Å². The number of halogens is 2. The Morgan fingerprint density at radius 3 is 2.78 bits per heavy atom. The largest absolute Gasteiger partial charge is 0.311 e. The van der Waals surface area contributed by atoms with Gasteiger partial charge >= 0.3 is 0 Å². The highest BCUT2D eigenvalue weighted by Crippen LogP contribution is 2.32. The predicted octanol–water partition coefficient (Wildman–Crippen LogP) is 3.40. The molecule has 3 nitrogen and oxygen atoms in total. The average Bonchev–Trinajstić information content (AvgIpc) is 2.71. The molecule has 0 N–H and O–H groups in total. The molecular weight excluding hydrogens is 362 g/mol. The molecule has 0 radical (unpaired) electrons. The Labute approximate surface area is 123 Å². The number of benzene rings is 1. The van der Waals surface area contributed by atoms with Crippen LogP contribution in [0.1, 0.15) is 23.7 Å². The highest BCUT2D eigenvalue weighted by Gasteiger charge is 2.31. The first-order valence-corrected chi connectivity index (χ1v) is 7.61.